The van der Waals surface area contributed by atoms with Crippen LogP contribution in [0.2, 0.25) is 0 Å². The molecule has 0 aliphatic heterocycles. The molecular weight excluding hydrogens is 309 g/mol. The summed E-state index contributed by atoms with van der Waals surface area (Å²) in [5.41, 5.74) is 1.36. The SMILES string of the molecule is COc1ccc(-c2ccc(C(=O)NCC3(CO)CC3)c(F)c2)cc1. The molecule has 2 N–H and O–H groups in total. The van der Waals surface area contributed by atoms with Gasteiger partial charge < -0.3 is 15.2 Å². The molecule has 0 heterocycles. The molecule has 3 rings (SSSR count). The number of methoxy groups -OCH3 is 1. The fraction of sp³-hybridized carbons (Fsp3) is 0.316. The normalized spacial score (nSPS) is 15.0. The lowest BCUT2D eigenvalue weighted by molar-refractivity contribution is 0.0931. The molecule has 1 saturated carbocycles. The Morgan fingerprint density at radius 1 is 1.21 bits per heavy atom. The second-order valence-corrected chi connectivity index (χ2v) is 6.26. The number of carbonyl (C=O) groups is 1. The van der Waals surface area contributed by atoms with Gasteiger partial charge in [-0.3, -0.25) is 4.79 Å². The molecule has 0 spiro atoms. The smallest absolute Gasteiger partial charge is 0.254 e. The number of benzene rings is 2. The van der Waals surface area contributed by atoms with Crippen molar-refractivity contribution in [3.05, 3.63) is 53.8 Å². The third-order valence-electron chi connectivity index (χ3n) is 4.55. The van der Waals surface area contributed by atoms with Gasteiger partial charge in [0.2, 0.25) is 0 Å². The van der Waals surface area contributed by atoms with Gasteiger partial charge in [0.1, 0.15) is 11.6 Å². The highest BCUT2D eigenvalue weighted by Gasteiger charge is 2.42. The third-order valence-corrected chi connectivity index (χ3v) is 4.55. The third kappa shape index (κ3) is 3.41. The highest BCUT2D eigenvalue weighted by molar-refractivity contribution is 5.95. The van der Waals surface area contributed by atoms with Crippen LogP contribution in [0, 0.1) is 11.2 Å². The quantitative estimate of drug-likeness (QED) is 0.856. The number of hydrogen-bond acceptors (Lipinski definition) is 3. The molecule has 24 heavy (non-hydrogen) atoms. The van der Waals surface area contributed by atoms with Crippen LogP contribution >= 0.6 is 0 Å². The maximum absolute atomic E-state index is 14.3. The molecule has 5 heteroatoms. The number of aliphatic hydroxyl groups is 1. The van der Waals surface area contributed by atoms with Crippen molar-refractivity contribution in [2.24, 2.45) is 5.41 Å². The maximum atomic E-state index is 14.3. The van der Waals surface area contributed by atoms with Crippen molar-refractivity contribution in [1.82, 2.24) is 5.32 Å². The molecule has 126 valence electrons. The van der Waals surface area contributed by atoms with Crippen LogP contribution in [0.3, 0.4) is 0 Å². The van der Waals surface area contributed by atoms with Crippen LogP contribution in [0.25, 0.3) is 11.1 Å². The molecule has 1 amide bonds. The summed E-state index contributed by atoms with van der Waals surface area (Å²) in [6.45, 7) is 0.425. The van der Waals surface area contributed by atoms with Gasteiger partial charge in [-0.1, -0.05) is 18.2 Å². The van der Waals surface area contributed by atoms with Crippen molar-refractivity contribution >= 4 is 5.91 Å². The first kappa shape index (κ1) is 16.5. The Bertz CT molecular complexity index is 739. The van der Waals surface area contributed by atoms with Gasteiger partial charge in [-0.25, -0.2) is 4.39 Å². The van der Waals surface area contributed by atoms with Gasteiger partial charge in [0, 0.05) is 12.0 Å². The van der Waals surface area contributed by atoms with E-state index in [0.717, 1.165) is 24.2 Å². The summed E-state index contributed by atoms with van der Waals surface area (Å²) in [6, 6.07) is 11.9. The molecule has 2 aromatic carbocycles. The van der Waals surface area contributed by atoms with Gasteiger partial charge in [0.15, 0.2) is 0 Å². The number of halogens is 1. The molecule has 0 bridgehead atoms. The van der Waals surface area contributed by atoms with E-state index >= 15 is 0 Å². The van der Waals surface area contributed by atoms with Crippen LogP contribution in [0.5, 0.6) is 5.75 Å². The lowest BCUT2D eigenvalue weighted by Crippen LogP contribution is -2.32. The van der Waals surface area contributed by atoms with Crippen LogP contribution in [0.1, 0.15) is 23.2 Å². The Balaban J connectivity index is 1.72. The molecule has 0 unspecified atom stereocenters. The molecule has 4 nitrogen and oxygen atoms in total. The molecule has 1 aliphatic rings. The van der Waals surface area contributed by atoms with Crippen molar-refractivity contribution in [1.29, 1.82) is 0 Å². The predicted octanol–water partition coefficient (Wildman–Crippen LogP) is 3.00. The molecule has 0 radical (unpaired) electrons. The summed E-state index contributed by atoms with van der Waals surface area (Å²) in [6.07, 6.45) is 1.78. The average Bonchev–Trinajstić information content (AvgIpc) is 3.40. The number of carbonyl (C=O) groups excluding carboxylic acids is 1. The fourth-order valence-electron chi connectivity index (χ4n) is 2.59. The molecule has 0 aromatic heterocycles. The van der Waals surface area contributed by atoms with Gasteiger partial charge in [-0.2, -0.15) is 0 Å². The van der Waals surface area contributed by atoms with Crippen LogP contribution < -0.4 is 10.1 Å². The Morgan fingerprint density at radius 2 is 1.88 bits per heavy atom. The van der Waals surface area contributed by atoms with E-state index in [1.165, 1.54) is 12.1 Å². The molecule has 1 fully saturated rings. The first-order valence-corrected chi connectivity index (χ1v) is 7.90. The lowest BCUT2D eigenvalue weighted by Gasteiger charge is -2.13. The van der Waals surface area contributed by atoms with Crippen LogP contribution in [-0.2, 0) is 0 Å². The molecular formula is C19H20FNO3. The standard InChI is InChI=1S/C19H20FNO3/c1-24-15-5-2-13(3-6-15)14-4-7-16(17(20)10-14)18(23)21-11-19(12-22)8-9-19/h2-7,10,22H,8-9,11-12H2,1H3,(H,21,23). The second kappa shape index (κ2) is 6.61. The van der Waals surface area contributed by atoms with Crippen molar-refractivity contribution in [3.8, 4) is 16.9 Å². The first-order valence-electron chi connectivity index (χ1n) is 7.90. The second-order valence-electron chi connectivity index (χ2n) is 6.26. The zero-order valence-electron chi connectivity index (χ0n) is 13.5. The Labute approximate surface area is 140 Å². The molecule has 0 saturated heterocycles. The van der Waals surface area contributed by atoms with E-state index < -0.39 is 11.7 Å². The summed E-state index contributed by atoms with van der Waals surface area (Å²) in [5.74, 6) is -0.281. The molecule has 1 aliphatic carbocycles. The lowest BCUT2D eigenvalue weighted by atomic mass is 10.0. The van der Waals surface area contributed by atoms with Gasteiger partial charge in [0.25, 0.3) is 5.91 Å². The number of ether oxygens (including phenoxy) is 1. The molecule has 2 aromatic rings. The minimum atomic E-state index is -0.560. The van der Waals surface area contributed by atoms with E-state index in [-0.39, 0.29) is 17.6 Å². The van der Waals surface area contributed by atoms with Crippen LogP contribution in [-0.4, -0.2) is 31.3 Å². The topological polar surface area (TPSA) is 58.6 Å². The van der Waals surface area contributed by atoms with E-state index in [1.807, 2.05) is 12.1 Å². The van der Waals surface area contributed by atoms with E-state index in [0.29, 0.717) is 12.1 Å². The van der Waals surface area contributed by atoms with Gasteiger partial charge in [0.05, 0.1) is 19.3 Å². The van der Waals surface area contributed by atoms with Crippen molar-refractivity contribution in [2.45, 2.75) is 12.8 Å². The van der Waals surface area contributed by atoms with E-state index in [1.54, 1.807) is 25.3 Å². The summed E-state index contributed by atoms with van der Waals surface area (Å²) in [5, 5.41) is 12.0. The average molecular weight is 329 g/mol. The van der Waals surface area contributed by atoms with Crippen molar-refractivity contribution in [2.75, 3.05) is 20.3 Å². The number of amides is 1. The number of nitrogens with one attached hydrogen (secondary N) is 1. The largest absolute Gasteiger partial charge is 0.497 e. The minimum absolute atomic E-state index is 0.0148. The Hall–Kier alpha value is -2.40. The summed E-state index contributed by atoms with van der Waals surface area (Å²) < 4.78 is 19.4. The first-order chi connectivity index (χ1) is 11.6. The fourth-order valence-corrected chi connectivity index (χ4v) is 2.59. The minimum Gasteiger partial charge on any atom is -0.497 e. The van der Waals surface area contributed by atoms with E-state index in [9.17, 15) is 14.3 Å². The number of rotatable bonds is 6. The van der Waals surface area contributed by atoms with E-state index in [2.05, 4.69) is 5.32 Å². The number of aliphatic hydroxyl groups excluding tert-OH is 1. The van der Waals surface area contributed by atoms with Crippen LogP contribution in [0.4, 0.5) is 4.39 Å². The van der Waals surface area contributed by atoms with E-state index in [4.69, 9.17) is 4.74 Å². The predicted molar refractivity (Wildman–Crippen MR) is 89.5 cm³/mol. The summed E-state index contributed by atoms with van der Waals surface area (Å²) in [4.78, 5) is 12.1. The highest BCUT2D eigenvalue weighted by atomic mass is 19.1. The molecule has 0 atom stereocenters. The zero-order chi connectivity index (χ0) is 17.2. The summed E-state index contributed by atoms with van der Waals surface area (Å²) >= 11 is 0. The monoisotopic (exact) mass is 329 g/mol. The Kier molecular flexibility index (Phi) is 4.53. The zero-order valence-corrected chi connectivity index (χ0v) is 13.5. The highest BCUT2D eigenvalue weighted by Crippen LogP contribution is 2.44. The number of hydrogen-bond donors (Lipinski definition) is 2. The van der Waals surface area contributed by atoms with Crippen molar-refractivity contribution in [3.63, 3.8) is 0 Å². The van der Waals surface area contributed by atoms with Crippen molar-refractivity contribution < 1.29 is 19.0 Å². The van der Waals surface area contributed by atoms with Gasteiger partial charge in [-0.05, 0) is 48.2 Å². The summed E-state index contributed by atoms with van der Waals surface area (Å²) in [7, 11) is 1.59. The van der Waals surface area contributed by atoms with Gasteiger partial charge in [-0.15, -0.1) is 0 Å². The van der Waals surface area contributed by atoms with Gasteiger partial charge >= 0.3 is 0 Å². The Morgan fingerprint density at radius 3 is 2.42 bits per heavy atom. The van der Waals surface area contributed by atoms with Crippen LogP contribution in [0.15, 0.2) is 42.5 Å². The maximum Gasteiger partial charge on any atom is 0.254 e.